The van der Waals surface area contributed by atoms with Gasteiger partial charge in [-0.3, -0.25) is 9.78 Å². The van der Waals surface area contributed by atoms with Crippen LogP contribution in [0.5, 0.6) is 0 Å². The first-order valence-corrected chi connectivity index (χ1v) is 8.19. The number of rotatable bonds is 4. The van der Waals surface area contributed by atoms with Crippen LogP contribution in [-0.4, -0.2) is 10.9 Å². The summed E-state index contributed by atoms with van der Waals surface area (Å²) in [5.74, 6) is -1.99. The molecule has 0 aliphatic heterocycles. The smallest absolute Gasteiger partial charge is 0.231 e. The Morgan fingerprint density at radius 1 is 0.960 bits per heavy atom. The van der Waals surface area contributed by atoms with Crippen LogP contribution in [0, 0.1) is 5.82 Å². The van der Waals surface area contributed by atoms with Gasteiger partial charge in [0, 0.05) is 21.2 Å². The first-order valence-electron chi connectivity index (χ1n) is 7.44. The Morgan fingerprint density at radius 2 is 1.60 bits per heavy atom. The summed E-state index contributed by atoms with van der Waals surface area (Å²) in [6.45, 7) is 0. The first-order chi connectivity index (χ1) is 12.0. The Balaban J connectivity index is 2.15. The third-order valence-corrected chi connectivity index (χ3v) is 4.45. The van der Waals surface area contributed by atoms with Gasteiger partial charge in [-0.15, -0.1) is 0 Å². The predicted octanol–water partition coefficient (Wildman–Crippen LogP) is 4.81. The molecule has 3 aromatic rings. The van der Waals surface area contributed by atoms with Gasteiger partial charge in [0.25, 0.3) is 0 Å². The van der Waals surface area contributed by atoms with Crippen molar-refractivity contribution in [3.8, 4) is 11.3 Å². The van der Waals surface area contributed by atoms with E-state index in [4.69, 9.17) is 28.9 Å². The molecule has 2 aromatic carbocycles. The number of benzene rings is 2. The molecule has 3 rings (SSSR count). The topological polar surface area (TPSA) is 56.0 Å². The van der Waals surface area contributed by atoms with Crippen LogP contribution in [0.1, 0.15) is 17.2 Å². The van der Waals surface area contributed by atoms with Crippen molar-refractivity contribution in [2.45, 2.75) is 5.92 Å². The standard InChI is InChI=1S/C19H13Cl2FN2O/c20-12-6-3-7-13(21)17(12)18(19(23)25)16-10-4-9-15(24-16)11-5-1-2-8-14(11)22/h1-10,18H,(H2,23,25). The lowest BCUT2D eigenvalue weighted by atomic mass is 9.93. The highest BCUT2D eigenvalue weighted by Gasteiger charge is 2.27. The molecule has 0 bridgehead atoms. The Bertz CT molecular complexity index is 926. The van der Waals surface area contributed by atoms with Crippen LogP contribution < -0.4 is 5.73 Å². The minimum absolute atomic E-state index is 0.314. The van der Waals surface area contributed by atoms with Crippen molar-refractivity contribution in [2.24, 2.45) is 5.73 Å². The van der Waals surface area contributed by atoms with E-state index in [0.717, 1.165) is 0 Å². The Hall–Kier alpha value is -2.43. The minimum atomic E-state index is -0.937. The molecule has 1 aromatic heterocycles. The van der Waals surface area contributed by atoms with E-state index in [1.807, 2.05) is 0 Å². The van der Waals surface area contributed by atoms with Gasteiger partial charge < -0.3 is 5.73 Å². The summed E-state index contributed by atoms with van der Waals surface area (Å²) in [6.07, 6.45) is 0. The van der Waals surface area contributed by atoms with E-state index in [1.54, 1.807) is 54.6 Å². The SMILES string of the molecule is NC(=O)C(c1cccc(-c2ccccc2F)n1)c1c(Cl)cccc1Cl. The number of amides is 1. The average molecular weight is 375 g/mol. The van der Waals surface area contributed by atoms with Crippen molar-refractivity contribution < 1.29 is 9.18 Å². The molecule has 0 spiro atoms. The summed E-state index contributed by atoms with van der Waals surface area (Å²) >= 11 is 12.4. The lowest BCUT2D eigenvalue weighted by Gasteiger charge is -2.17. The van der Waals surface area contributed by atoms with Gasteiger partial charge in [-0.05, 0) is 36.4 Å². The molecule has 6 heteroatoms. The second-order valence-electron chi connectivity index (χ2n) is 5.40. The number of halogens is 3. The highest BCUT2D eigenvalue weighted by atomic mass is 35.5. The molecule has 1 unspecified atom stereocenters. The number of aromatic nitrogens is 1. The van der Waals surface area contributed by atoms with Gasteiger partial charge >= 0.3 is 0 Å². The van der Waals surface area contributed by atoms with Crippen LogP contribution in [0.2, 0.25) is 10.0 Å². The van der Waals surface area contributed by atoms with Crippen molar-refractivity contribution in [3.05, 3.63) is 87.8 Å². The third kappa shape index (κ3) is 3.50. The zero-order valence-electron chi connectivity index (χ0n) is 12.9. The molecular weight excluding hydrogens is 362 g/mol. The molecule has 1 amide bonds. The van der Waals surface area contributed by atoms with Crippen LogP contribution in [0.4, 0.5) is 4.39 Å². The highest BCUT2D eigenvalue weighted by Crippen LogP contribution is 2.35. The Morgan fingerprint density at radius 3 is 2.24 bits per heavy atom. The molecular formula is C19H13Cl2FN2O. The van der Waals surface area contributed by atoms with Crippen molar-refractivity contribution in [1.82, 2.24) is 4.98 Å². The second-order valence-corrected chi connectivity index (χ2v) is 6.21. The van der Waals surface area contributed by atoms with Crippen LogP contribution in [0.3, 0.4) is 0 Å². The van der Waals surface area contributed by atoms with E-state index >= 15 is 0 Å². The number of nitrogens with zero attached hydrogens (tertiary/aromatic N) is 1. The van der Waals surface area contributed by atoms with Crippen LogP contribution in [0.15, 0.2) is 60.7 Å². The van der Waals surface area contributed by atoms with Gasteiger partial charge in [0.05, 0.1) is 11.4 Å². The fourth-order valence-electron chi connectivity index (χ4n) is 2.65. The summed E-state index contributed by atoms with van der Waals surface area (Å²) in [6, 6.07) is 16.2. The van der Waals surface area contributed by atoms with E-state index in [-0.39, 0.29) is 0 Å². The highest BCUT2D eigenvalue weighted by molar-refractivity contribution is 6.36. The molecule has 0 saturated heterocycles. The van der Waals surface area contributed by atoms with Crippen LogP contribution in [-0.2, 0) is 4.79 Å². The van der Waals surface area contributed by atoms with E-state index in [1.165, 1.54) is 6.07 Å². The molecule has 1 atom stereocenters. The van der Waals surface area contributed by atoms with E-state index in [2.05, 4.69) is 4.98 Å². The van der Waals surface area contributed by atoms with Gasteiger partial charge in [-0.1, -0.05) is 47.5 Å². The van der Waals surface area contributed by atoms with E-state index < -0.39 is 17.6 Å². The Kier molecular flexibility index (Phi) is 5.02. The molecule has 0 saturated carbocycles. The van der Waals surface area contributed by atoms with Gasteiger partial charge in [0.15, 0.2) is 0 Å². The zero-order chi connectivity index (χ0) is 18.0. The molecule has 126 valence electrons. The lowest BCUT2D eigenvalue weighted by molar-refractivity contribution is -0.118. The molecule has 0 radical (unpaired) electrons. The second kappa shape index (κ2) is 7.21. The van der Waals surface area contributed by atoms with Crippen molar-refractivity contribution >= 4 is 29.1 Å². The summed E-state index contributed by atoms with van der Waals surface area (Å²) in [7, 11) is 0. The predicted molar refractivity (Wildman–Crippen MR) is 97.1 cm³/mol. The summed E-state index contributed by atoms with van der Waals surface area (Å²) in [5.41, 5.74) is 7.05. The van der Waals surface area contributed by atoms with Crippen LogP contribution in [0.25, 0.3) is 11.3 Å². The fraction of sp³-hybridized carbons (Fsp3) is 0.0526. The van der Waals surface area contributed by atoms with E-state index in [0.29, 0.717) is 32.6 Å². The maximum absolute atomic E-state index is 14.0. The number of hydrogen-bond acceptors (Lipinski definition) is 2. The Labute approximate surface area is 154 Å². The maximum Gasteiger partial charge on any atom is 0.231 e. The number of carbonyl (C=O) groups is 1. The number of nitrogens with two attached hydrogens (primary N) is 1. The normalized spacial score (nSPS) is 12.0. The van der Waals surface area contributed by atoms with Gasteiger partial charge in [0.2, 0.25) is 5.91 Å². The number of primary amides is 1. The fourth-order valence-corrected chi connectivity index (χ4v) is 3.27. The monoisotopic (exact) mass is 374 g/mol. The lowest BCUT2D eigenvalue weighted by Crippen LogP contribution is -2.24. The molecule has 3 nitrogen and oxygen atoms in total. The van der Waals surface area contributed by atoms with Crippen molar-refractivity contribution in [2.75, 3.05) is 0 Å². The van der Waals surface area contributed by atoms with Crippen molar-refractivity contribution in [3.63, 3.8) is 0 Å². The molecule has 2 N–H and O–H groups in total. The first kappa shape index (κ1) is 17.4. The molecule has 0 fully saturated rings. The molecule has 0 aliphatic rings. The maximum atomic E-state index is 14.0. The van der Waals surface area contributed by atoms with Gasteiger partial charge in [-0.25, -0.2) is 4.39 Å². The number of carbonyl (C=O) groups excluding carboxylic acids is 1. The average Bonchev–Trinajstić information content (AvgIpc) is 2.58. The minimum Gasteiger partial charge on any atom is -0.369 e. The number of pyridine rings is 1. The quantitative estimate of drug-likeness (QED) is 0.711. The van der Waals surface area contributed by atoms with Crippen molar-refractivity contribution in [1.29, 1.82) is 0 Å². The van der Waals surface area contributed by atoms with Gasteiger partial charge in [0.1, 0.15) is 11.7 Å². The van der Waals surface area contributed by atoms with Crippen LogP contribution >= 0.6 is 23.2 Å². The van der Waals surface area contributed by atoms with Gasteiger partial charge in [-0.2, -0.15) is 0 Å². The molecule has 25 heavy (non-hydrogen) atoms. The molecule has 1 heterocycles. The number of hydrogen-bond donors (Lipinski definition) is 1. The third-order valence-electron chi connectivity index (χ3n) is 3.79. The largest absolute Gasteiger partial charge is 0.369 e. The van der Waals surface area contributed by atoms with E-state index in [9.17, 15) is 9.18 Å². The summed E-state index contributed by atoms with van der Waals surface area (Å²) in [4.78, 5) is 16.5. The molecule has 0 aliphatic carbocycles. The summed E-state index contributed by atoms with van der Waals surface area (Å²) < 4.78 is 14.0. The zero-order valence-corrected chi connectivity index (χ0v) is 14.4. The summed E-state index contributed by atoms with van der Waals surface area (Å²) in [5, 5.41) is 0.629.